The van der Waals surface area contributed by atoms with Crippen LogP contribution in [0.5, 0.6) is 5.75 Å². The molecule has 114 valence electrons. The number of carbonyl (C=O) groups excluding carboxylic acids is 1. The molecule has 0 spiro atoms. The van der Waals surface area contributed by atoms with E-state index in [-0.39, 0.29) is 6.42 Å². The van der Waals surface area contributed by atoms with Crippen molar-refractivity contribution in [2.75, 3.05) is 0 Å². The van der Waals surface area contributed by atoms with Crippen molar-refractivity contribution in [1.29, 1.82) is 0 Å². The maximum Gasteiger partial charge on any atom is 0.547 e. The van der Waals surface area contributed by atoms with E-state index in [1.807, 2.05) is 25.1 Å². The second kappa shape index (κ2) is 6.01. The lowest BCUT2D eigenvalue weighted by molar-refractivity contribution is -0.123. The molecule has 21 heavy (non-hydrogen) atoms. The molecule has 0 radical (unpaired) electrons. The summed E-state index contributed by atoms with van der Waals surface area (Å²) in [6.45, 7) is 2.64. The van der Waals surface area contributed by atoms with Crippen molar-refractivity contribution < 1.29 is 23.3 Å². The van der Waals surface area contributed by atoms with Gasteiger partial charge < -0.3 is 15.0 Å². The summed E-state index contributed by atoms with van der Waals surface area (Å²) in [6.07, 6.45) is -0.391. The van der Waals surface area contributed by atoms with Gasteiger partial charge in [0, 0.05) is 12.8 Å². The molecular weight excluding hydrogens is 279 g/mol. The SMILES string of the molecule is Cc1cccc2c1OB(O)C(NC(=O)CCC(C)(F)F)C2. The van der Waals surface area contributed by atoms with Crippen molar-refractivity contribution in [2.45, 2.75) is 45.0 Å². The summed E-state index contributed by atoms with van der Waals surface area (Å²) in [5.74, 6) is -3.39. The number of hydrogen-bond acceptors (Lipinski definition) is 3. The molecule has 1 atom stereocenters. The second-order valence-corrected chi connectivity index (χ2v) is 5.52. The third-order valence-corrected chi connectivity index (χ3v) is 3.45. The third kappa shape index (κ3) is 4.17. The molecule has 2 N–H and O–H groups in total. The number of halogens is 2. The number of alkyl halides is 2. The molecule has 1 heterocycles. The highest BCUT2D eigenvalue weighted by atomic mass is 19.3. The fraction of sp³-hybridized carbons (Fsp3) is 0.500. The first kappa shape index (κ1) is 15.8. The molecule has 1 amide bonds. The zero-order chi connectivity index (χ0) is 15.6. The Kier molecular flexibility index (Phi) is 4.51. The van der Waals surface area contributed by atoms with Crippen LogP contribution in [0.4, 0.5) is 8.78 Å². The molecular formula is C14H18BF2NO3. The van der Waals surface area contributed by atoms with Crippen LogP contribution in [0.15, 0.2) is 18.2 Å². The van der Waals surface area contributed by atoms with Gasteiger partial charge in [-0.3, -0.25) is 4.79 Å². The number of fused-ring (bicyclic) bond motifs is 1. The van der Waals surface area contributed by atoms with E-state index in [0.717, 1.165) is 18.1 Å². The molecule has 1 aliphatic heterocycles. The lowest BCUT2D eigenvalue weighted by Gasteiger charge is -2.29. The number of nitrogens with one attached hydrogen (secondary N) is 1. The van der Waals surface area contributed by atoms with Crippen LogP contribution in [-0.4, -0.2) is 29.9 Å². The van der Waals surface area contributed by atoms with Gasteiger partial charge in [-0.05, 0) is 31.4 Å². The van der Waals surface area contributed by atoms with Crippen LogP contribution in [0, 0.1) is 6.92 Å². The Morgan fingerprint density at radius 2 is 2.29 bits per heavy atom. The van der Waals surface area contributed by atoms with Crippen molar-refractivity contribution in [3.63, 3.8) is 0 Å². The minimum absolute atomic E-state index is 0.284. The minimum atomic E-state index is -2.87. The number of rotatable bonds is 4. The highest BCUT2D eigenvalue weighted by Gasteiger charge is 2.36. The Morgan fingerprint density at radius 1 is 1.57 bits per heavy atom. The topological polar surface area (TPSA) is 58.6 Å². The van der Waals surface area contributed by atoms with Crippen molar-refractivity contribution in [3.8, 4) is 5.75 Å². The quantitative estimate of drug-likeness (QED) is 0.834. The summed E-state index contributed by atoms with van der Waals surface area (Å²) in [7, 11) is -1.18. The molecule has 0 fully saturated rings. The molecule has 4 nitrogen and oxygen atoms in total. The molecule has 0 saturated carbocycles. The van der Waals surface area contributed by atoms with Crippen molar-refractivity contribution in [3.05, 3.63) is 29.3 Å². The van der Waals surface area contributed by atoms with Gasteiger partial charge in [-0.25, -0.2) is 8.78 Å². The Bertz CT molecular complexity index is 533. The van der Waals surface area contributed by atoms with Crippen LogP contribution in [0.2, 0.25) is 0 Å². The van der Waals surface area contributed by atoms with Crippen molar-refractivity contribution >= 4 is 13.0 Å². The standard InChI is InChI=1S/C14H18BF2NO3/c1-9-4-3-5-10-8-11(15(20)21-13(9)10)18-12(19)6-7-14(2,16)17/h3-5,11,20H,6-8H2,1-2H3,(H,18,19). The zero-order valence-electron chi connectivity index (χ0n) is 12.0. The molecule has 0 bridgehead atoms. The van der Waals surface area contributed by atoms with Gasteiger partial charge in [0.1, 0.15) is 5.75 Å². The number of para-hydroxylation sites is 1. The first-order valence-corrected chi connectivity index (χ1v) is 6.87. The summed E-state index contributed by atoms with van der Waals surface area (Å²) >= 11 is 0. The van der Waals surface area contributed by atoms with Gasteiger partial charge in [-0.2, -0.15) is 0 Å². The van der Waals surface area contributed by atoms with Crippen molar-refractivity contribution in [2.24, 2.45) is 0 Å². The summed E-state index contributed by atoms with van der Waals surface area (Å²) in [5.41, 5.74) is 1.79. The zero-order valence-corrected chi connectivity index (χ0v) is 12.0. The number of carbonyl (C=O) groups is 1. The van der Waals surface area contributed by atoms with E-state index >= 15 is 0 Å². The van der Waals surface area contributed by atoms with E-state index in [0.29, 0.717) is 12.2 Å². The summed E-state index contributed by atoms with van der Waals surface area (Å²) in [5, 5.41) is 12.5. The predicted octanol–water partition coefficient (Wildman–Crippen LogP) is 1.87. The Labute approximate surface area is 122 Å². The normalized spacial score (nSPS) is 18.0. The molecule has 1 aliphatic rings. The number of benzene rings is 1. The van der Waals surface area contributed by atoms with Gasteiger partial charge in [0.05, 0.1) is 5.94 Å². The van der Waals surface area contributed by atoms with Gasteiger partial charge in [-0.15, -0.1) is 0 Å². The maximum atomic E-state index is 12.7. The van der Waals surface area contributed by atoms with Crippen molar-refractivity contribution in [1.82, 2.24) is 5.32 Å². The van der Waals surface area contributed by atoms with E-state index < -0.39 is 31.3 Å². The van der Waals surface area contributed by atoms with E-state index in [4.69, 9.17) is 4.65 Å². The lowest BCUT2D eigenvalue weighted by Crippen LogP contribution is -2.53. The number of aryl methyl sites for hydroxylation is 1. The molecule has 0 aromatic heterocycles. The Balaban J connectivity index is 1.98. The summed E-state index contributed by atoms with van der Waals surface area (Å²) in [6, 6.07) is 5.59. The molecule has 0 aliphatic carbocycles. The van der Waals surface area contributed by atoms with Gasteiger partial charge in [-0.1, -0.05) is 18.2 Å². The smallest absolute Gasteiger partial charge is 0.534 e. The third-order valence-electron chi connectivity index (χ3n) is 3.45. The van der Waals surface area contributed by atoms with Crippen LogP contribution in [-0.2, 0) is 11.2 Å². The molecule has 0 saturated heterocycles. The Hall–Kier alpha value is -1.63. The molecule has 1 aromatic carbocycles. The first-order valence-electron chi connectivity index (χ1n) is 6.87. The Morgan fingerprint density at radius 3 is 2.95 bits per heavy atom. The highest BCUT2D eigenvalue weighted by molar-refractivity contribution is 6.46. The van der Waals surface area contributed by atoms with E-state index in [1.54, 1.807) is 0 Å². The van der Waals surface area contributed by atoms with E-state index in [2.05, 4.69) is 5.32 Å². The number of hydrogen-bond donors (Lipinski definition) is 2. The van der Waals surface area contributed by atoms with Crippen LogP contribution >= 0.6 is 0 Å². The largest absolute Gasteiger partial charge is 0.547 e. The van der Waals surface area contributed by atoms with Crippen LogP contribution < -0.4 is 9.97 Å². The molecule has 7 heteroatoms. The molecule has 1 aromatic rings. The van der Waals surface area contributed by atoms with E-state index in [1.165, 1.54) is 0 Å². The fourth-order valence-corrected chi connectivity index (χ4v) is 2.32. The van der Waals surface area contributed by atoms with Crippen LogP contribution in [0.25, 0.3) is 0 Å². The summed E-state index contributed by atoms with van der Waals surface area (Å²) < 4.78 is 30.9. The highest BCUT2D eigenvalue weighted by Crippen LogP contribution is 2.29. The fourth-order valence-electron chi connectivity index (χ4n) is 2.32. The molecule has 2 rings (SSSR count). The van der Waals surface area contributed by atoms with Crippen LogP contribution in [0.1, 0.15) is 30.9 Å². The first-order chi connectivity index (χ1) is 9.76. The van der Waals surface area contributed by atoms with Gasteiger partial charge in [0.25, 0.3) is 0 Å². The van der Waals surface area contributed by atoms with Gasteiger partial charge in [0.15, 0.2) is 0 Å². The summed E-state index contributed by atoms with van der Waals surface area (Å²) in [4.78, 5) is 11.7. The number of amides is 1. The maximum absolute atomic E-state index is 12.7. The minimum Gasteiger partial charge on any atom is -0.534 e. The predicted molar refractivity (Wildman–Crippen MR) is 75.3 cm³/mol. The second-order valence-electron chi connectivity index (χ2n) is 5.52. The molecule has 1 unspecified atom stereocenters. The monoisotopic (exact) mass is 297 g/mol. The van der Waals surface area contributed by atoms with Gasteiger partial charge in [0.2, 0.25) is 11.8 Å². The van der Waals surface area contributed by atoms with Gasteiger partial charge >= 0.3 is 7.12 Å². The average Bonchev–Trinajstić information content (AvgIpc) is 2.38. The lowest BCUT2D eigenvalue weighted by atomic mass is 9.72. The van der Waals surface area contributed by atoms with Crippen LogP contribution in [0.3, 0.4) is 0 Å². The average molecular weight is 297 g/mol. The van der Waals surface area contributed by atoms with E-state index in [9.17, 15) is 18.6 Å².